The zero-order valence-electron chi connectivity index (χ0n) is 14.8. The van der Waals surface area contributed by atoms with E-state index in [9.17, 15) is 4.79 Å². The van der Waals surface area contributed by atoms with Gasteiger partial charge in [0, 0.05) is 37.0 Å². The Hall–Kier alpha value is -2.63. The molecule has 2 aromatic heterocycles. The van der Waals surface area contributed by atoms with Crippen LogP contribution in [-0.4, -0.2) is 44.1 Å². The normalized spacial score (nSPS) is 22.2. The average molecular weight is 349 g/mol. The fourth-order valence-electron chi connectivity index (χ4n) is 4.72. The van der Waals surface area contributed by atoms with Crippen LogP contribution in [0.15, 0.2) is 30.5 Å². The monoisotopic (exact) mass is 349 g/mol. The number of nitrogens with one attached hydrogen (secondary N) is 2. The highest BCUT2D eigenvalue weighted by atomic mass is 16.2. The van der Waals surface area contributed by atoms with Gasteiger partial charge in [-0.3, -0.25) is 9.89 Å². The first-order valence-electron chi connectivity index (χ1n) is 9.48. The number of likely N-dealkylation sites (tertiary alicyclic amines) is 1. The lowest BCUT2D eigenvalue weighted by Crippen LogP contribution is -2.47. The number of rotatable bonds is 3. The van der Waals surface area contributed by atoms with E-state index in [0.717, 1.165) is 55.6 Å². The largest absolute Gasteiger partial charge is 0.342 e. The minimum absolute atomic E-state index is 0.0963. The summed E-state index contributed by atoms with van der Waals surface area (Å²) in [7, 11) is 0. The van der Waals surface area contributed by atoms with E-state index in [2.05, 4.69) is 25.1 Å². The van der Waals surface area contributed by atoms with Crippen molar-refractivity contribution in [1.82, 2.24) is 25.1 Å². The van der Waals surface area contributed by atoms with Crippen LogP contribution in [0.4, 0.5) is 0 Å². The number of aryl methyl sites for hydroxylation is 2. The number of para-hydroxylation sites is 2. The van der Waals surface area contributed by atoms with Gasteiger partial charge in [-0.25, -0.2) is 4.98 Å². The molecule has 1 aromatic carbocycles. The van der Waals surface area contributed by atoms with E-state index < -0.39 is 0 Å². The Kier molecular flexibility index (Phi) is 3.58. The van der Waals surface area contributed by atoms with Crippen LogP contribution >= 0.6 is 0 Å². The van der Waals surface area contributed by atoms with E-state index in [1.54, 1.807) is 0 Å². The summed E-state index contributed by atoms with van der Waals surface area (Å²) in [6.45, 7) is 1.69. The number of fused-ring (bicyclic) bond motifs is 3. The average Bonchev–Trinajstić information content (AvgIpc) is 3.37. The van der Waals surface area contributed by atoms with E-state index in [-0.39, 0.29) is 11.3 Å². The topological polar surface area (TPSA) is 77.7 Å². The molecular weight excluding hydrogens is 326 g/mol. The Balaban J connectivity index is 1.27. The Morgan fingerprint density at radius 1 is 1.27 bits per heavy atom. The highest BCUT2D eigenvalue weighted by Gasteiger charge is 2.44. The lowest BCUT2D eigenvalue weighted by Gasteiger charge is -2.40. The van der Waals surface area contributed by atoms with Gasteiger partial charge in [-0.15, -0.1) is 0 Å². The highest BCUT2D eigenvalue weighted by molar-refractivity contribution is 5.77. The number of aromatic amines is 2. The van der Waals surface area contributed by atoms with E-state index in [1.165, 1.54) is 11.3 Å². The molecule has 3 heterocycles. The number of piperidine rings is 1. The Bertz CT molecular complexity index is 925. The van der Waals surface area contributed by atoms with E-state index in [4.69, 9.17) is 0 Å². The van der Waals surface area contributed by atoms with Crippen molar-refractivity contribution in [2.45, 2.75) is 43.9 Å². The van der Waals surface area contributed by atoms with Crippen molar-refractivity contribution >= 4 is 16.9 Å². The molecule has 1 unspecified atom stereocenters. The number of carbonyl (C=O) groups excluding carboxylic acids is 1. The Morgan fingerprint density at radius 3 is 3.12 bits per heavy atom. The van der Waals surface area contributed by atoms with Crippen molar-refractivity contribution < 1.29 is 4.79 Å². The number of hydrogen-bond donors (Lipinski definition) is 2. The van der Waals surface area contributed by atoms with Gasteiger partial charge in [0.1, 0.15) is 5.82 Å². The molecule has 2 aliphatic rings. The number of nitrogens with zero attached hydrogens (tertiary/aromatic N) is 3. The fraction of sp³-hybridized carbons (Fsp3) is 0.450. The minimum Gasteiger partial charge on any atom is -0.342 e. The minimum atomic E-state index is 0.0963. The van der Waals surface area contributed by atoms with Crippen LogP contribution in [0.1, 0.15) is 42.8 Å². The smallest absolute Gasteiger partial charge is 0.223 e. The summed E-state index contributed by atoms with van der Waals surface area (Å²) in [6.07, 6.45) is 7.53. The molecule has 1 saturated heterocycles. The summed E-state index contributed by atoms with van der Waals surface area (Å²) < 4.78 is 0. The van der Waals surface area contributed by atoms with Gasteiger partial charge in [-0.2, -0.15) is 5.10 Å². The van der Waals surface area contributed by atoms with Gasteiger partial charge < -0.3 is 9.88 Å². The van der Waals surface area contributed by atoms with Crippen molar-refractivity contribution in [3.8, 4) is 0 Å². The molecule has 1 fully saturated rings. The van der Waals surface area contributed by atoms with Crippen molar-refractivity contribution in [3.63, 3.8) is 0 Å². The van der Waals surface area contributed by atoms with Gasteiger partial charge in [0.2, 0.25) is 5.91 Å². The predicted molar refractivity (Wildman–Crippen MR) is 98.8 cm³/mol. The molecule has 2 N–H and O–H groups in total. The van der Waals surface area contributed by atoms with Crippen LogP contribution in [-0.2, 0) is 23.1 Å². The third-order valence-corrected chi connectivity index (χ3v) is 6.06. The molecule has 1 aliphatic heterocycles. The zero-order valence-corrected chi connectivity index (χ0v) is 14.8. The molecule has 1 aliphatic carbocycles. The van der Waals surface area contributed by atoms with Crippen molar-refractivity contribution in [3.05, 3.63) is 47.5 Å². The first-order chi connectivity index (χ1) is 12.7. The number of carbonyl (C=O) groups is 1. The molecule has 3 aromatic rings. The second-order valence-electron chi connectivity index (χ2n) is 7.67. The van der Waals surface area contributed by atoms with Gasteiger partial charge in [0.05, 0.1) is 17.2 Å². The summed E-state index contributed by atoms with van der Waals surface area (Å²) >= 11 is 0. The fourth-order valence-corrected chi connectivity index (χ4v) is 4.72. The standard InChI is InChI=1S/C20H23N5O/c26-18(7-6-17-22-15-4-1-2-5-16(15)23-17)25-11-3-9-20(13-25)10-8-14-12-21-24-19(14)20/h1-2,4-5,12H,3,6-11,13H2,(H,21,24)(H,22,23). The van der Waals surface area contributed by atoms with Crippen LogP contribution in [0.5, 0.6) is 0 Å². The van der Waals surface area contributed by atoms with Gasteiger partial charge in [0.15, 0.2) is 0 Å². The van der Waals surface area contributed by atoms with E-state index in [0.29, 0.717) is 12.8 Å². The number of H-pyrrole nitrogens is 2. The molecule has 0 saturated carbocycles. The molecular formula is C20H23N5O. The first-order valence-corrected chi connectivity index (χ1v) is 9.48. The summed E-state index contributed by atoms with van der Waals surface area (Å²) in [5.41, 5.74) is 4.70. The maximum Gasteiger partial charge on any atom is 0.223 e. The second-order valence-corrected chi connectivity index (χ2v) is 7.67. The maximum absolute atomic E-state index is 12.8. The SMILES string of the molecule is O=C(CCc1nc2ccccc2[nH]1)N1CCCC2(CCc3cn[nH]c32)C1. The van der Waals surface area contributed by atoms with Gasteiger partial charge >= 0.3 is 0 Å². The molecule has 5 rings (SSSR count). The van der Waals surface area contributed by atoms with Gasteiger partial charge in [-0.1, -0.05) is 12.1 Å². The molecule has 1 spiro atoms. The number of imidazole rings is 1. The van der Waals surface area contributed by atoms with Gasteiger partial charge in [-0.05, 0) is 43.4 Å². The predicted octanol–water partition coefficient (Wildman–Crippen LogP) is 2.73. The molecule has 1 atom stereocenters. The number of amides is 1. The lowest BCUT2D eigenvalue weighted by atomic mass is 9.77. The Morgan fingerprint density at radius 2 is 2.19 bits per heavy atom. The molecule has 0 radical (unpaired) electrons. The van der Waals surface area contributed by atoms with Crippen LogP contribution in [0, 0.1) is 0 Å². The summed E-state index contributed by atoms with van der Waals surface area (Å²) in [5.74, 6) is 1.13. The summed E-state index contributed by atoms with van der Waals surface area (Å²) in [4.78, 5) is 22.8. The number of benzene rings is 1. The van der Waals surface area contributed by atoms with Crippen molar-refractivity contribution in [1.29, 1.82) is 0 Å². The first kappa shape index (κ1) is 15.6. The molecule has 6 nitrogen and oxygen atoms in total. The van der Waals surface area contributed by atoms with Crippen LogP contribution in [0.25, 0.3) is 11.0 Å². The quantitative estimate of drug-likeness (QED) is 0.763. The molecule has 26 heavy (non-hydrogen) atoms. The highest BCUT2D eigenvalue weighted by Crippen LogP contribution is 2.43. The van der Waals surface area contributed by atoms with Crippen LogP contribution < -0.4 is 0 Å². The summed E-state index contributed by atoms with van der Waals surface area (Å²) in [6, 6.07) is 7.99. The van der Waals surface area contributed by atoms with Crippen LogP contribution in [0.2, 0.25) is 0 Å². The third-order valence-electron chi connectivity index (χ3n) is 6.06. The lowest BCUT2D eigenvalue weighted by molar-refractivity contribution is -0.133. The van der Waals surface area contributed by atoms with Crippen molar-refractivity contribution in [2.24, 2.45) is 0 Å². The van der Waals surface area contributed by atoms with E-state index >= 15 is 0 Å². The number of hydrogen-bond acceptors (Lipinski definition) is 3. The van der Waals surface area contributed by atoms with Crippen molar-refractivity contribution in [2.75, 3.05) is 13.1 Å². The third kappa shape index (κ3) is 2.52. The molecule has 6 heteroatoms. The maximum atomic E-state index is 12.8. The number of aromatic nitrogens is 4. The van der Waals surface area contributed by atoms with Crippen LogP contribution in [0.3, 0.4) is 0 Å². The zero-order chi connectivity index (χ0) is 17.6. The van der Waals surface area contributed by atoms with E-state index in [1.807, 2.05) is 30.5 Å². The Labute approximate surface area is 152 Å². The molecule has 0 bridgehead atoms. The molecule has 1 amide bonds. The van der Waals surface area contributed by atoms with Gasteiger partial charge in [0.25, 0.3) is 0 Å². The molecule has 134 valence electrons. The summed E-state index contributed by atoms with van der Waals surface area (Å²) in [5, 5.41) is 7.43. The second kappa shape index (κ2) is 5.97.